The number of likely N-dealkylation sites (tertiary alicyclic amines) is 1. The van der Waals surface area contributed by atoms with Crippen LogP contribution in [0.1, 0.15) is 12.5 Å². The van der Waals surface area contributed by atoms with E-state index >= 15 is 0 Å². The molecule has 0 aliphatic carbocycles. The fourth-order valence-corrected chi connectivity index (χ4v) is 3.27. The van der Waals surface area contributed by atoms with E-state index in [9.17, 15) is 9.59 Å². The third kappa shape index (κ3) is 4.83. The van der Waals surface area contributed by atoms with Gasteiger partial charge in [0.25, 0.3) is 0 Å². The summed E-state index contributed by atoms with van der Waals surface area (Å²) < 4.78 is 0. The lowest BCUT2D eigenvalue weighted by Gasteiger charge is -2.15. The van der Waals surface area contributed by atoms with Crippen molar-refractivity contribution < 1.29 is 14.7 Å². The molecule has 7 heteroatoms. The Morgan fingerprint density at radius 2 is 2.09 bits per heavy atom. The van der Waals surface area contributed by atoms with E-state index in [0.29, 0.717) is 36.1 Å². The Morgan fingerprint density at radius 3 is 2.74 bits per heavy atom. The minimum Gasteiger partial charge on any atom is -0.481 e. The Kier molecular flexibility index (Phi) is 6.27. The fourth-order valence-electron chi connectivity index (χ4n) is 2.85. The molecule has 1 aromatic rings. The van der Waals surface area contributed by atoms with E-state index < -0.39 is 11.9 Å². The summed E-state index contributed by atoms with van der Waals surface area (Å²) in [6.07, 6.45) is 0.597. The summed E-state index contributed by atoms with van der Waals surface area (Å²) in [5.74, 6) is -1.24. The van der Waals surface area contributed by atoms with Crippen LogP contribution in [0.15, 0.2) is 18.2 Å². The van der Waals surface area contributed by atoms with Crippen LogP contribution in [-0.2, 0) is 16.0 Å². The molecule has 0 aromatic heterocycles. The van der Waals surface area contributed by atoms with Crippen LogP contribution in [0.4, 0.5) is 0 Å². The third-order valence-corrected chi connectivity index (χ3v) is 4.98. The first-order valence-corrected chi connectivity index (χ1v) is 8.28. The van der Waals surface area contributed by atoms with Gasteiger partial charge in [0.2, 0.25) is 5.91 Å². The first-order chi connectivity index (χ1) is 10.9. The second-order valence-corrected chi connectivity index (χ2v) is 6.71. The molecule has 1 aliphatic rings. The number of carbonyl (C=O) groups is 2. The monoisotopic (exact) mass is 358 g/mol. The number of carboxylic acids is 1. The van der Waals surface area contributed by atoms with Crippen LogP contribution in [0.2, 0.25) is 10.0 Å². The van der Waals surface area contributed by atoms with E-state index in [0.717, 1.165) is 5.56 Å². The number of hydrogen-bond acceptors (Lipinski definition) is 3. The van der Waals surface area contributed by atoms with Gasteiger partial charge in [0.1, 0.15) is 0 Å². The van der Waals surface area contributed by atoms with Gasteiger partial charge in [-0.2, -0.15) is 0 Å². The van der Waals surface area contributed by atoms with Gasteiger partial charge in [0.15, 0.2) is 0 Å². The Hall–Kier alpha value is -1.30. The molecule has 23 heavy (non-hydrogen) atoms. The normalized spacial score (nSPS) is 21.3. The van der Waals surface area contributed by atoms with E-state index in [1.54, 1.807) is 6.07 Å². The number of aliphatic carboxylic acids is 1. The van der Waals surface area contributed by atoms with E-state index in [1.807, 2.05) is 24.0 Å². The number of rotatable bonds is 6. The third-order valence-electron chi connectivity index (χ3n) is 4.12. The van der Waals surface area contributed by atoms with Crippen molar-refractivity contribution >= 4 is 35.1 Å². The van der Waals surface area contributed by atoms with Gasteiger partial charge in [-0.1, -0.05) is 42.3 Å². The van der Waals surface area contributed by atoms with Gasteiger partial charge in [0, 0.05) is 19.6 Å². The standard InChI is InChI=1S/C16H20Cl2N2O3/c1-10-7-20(8-12(10)16(22)23)9-14(21)19-6-5-11-3-2-4-13(17)15(11)18/h2-4,10,12H,5-9H2,1H3,(H,19,21)(H,22,23)/t10-,12-/m1/s1. The van der Waals surface area contributed by atoms with Gasteiger partial charge in [-0.25, -0.2) is 0 Å². The van der Waals surface area contributed by atoms with Gasteiger partial charge in [0.05, 0.1) is 22.5 Å². The van der Waals surface area contributed by atoms with Gasteiger partial charge < -0.3 is 10.4 Å². The number of benzene rings is 1. The molecule has 0 radical (unpaired) electrons. The largest absolute Gasteiger partial charge is 0.481 e. The van der Waals surface area contributed by atoms with Crippen molar-refractivity contribution in [1.29, 1.82) is 0 Å². The SMILES string of the molecule is C[C@@H]1CN(CC(=O)NCCc2cccc(Cl)c2Cl)C[C@H]1C(=O)O. The lowest BCUT2D eigenvalue weighted by molar-refractivity contribution is -0.142. The van der Waals surface area contributed by atoms with Gasteiger partial charge in [-0.15, -0.1) is 0 Å². The Morgan fingerprint density at radius 1 is 1.35 bits per heavy atom. The second kappa shape index (κ2) is 7.99. The highest BCUT2D eigenvalue weighted by molar-refractivity contribution is 6.42. The van der Waals surface area contributed by atoms with E-state index in [1.165, 1.54) is 0 Å². The van der Waals surface area contributed by atoms with Crippen molar-refractivity contribution in [2.24, 2.45) is 11.8 Å². The highest BCUT2D eigenvalue weighted by Crippen LogP contribution is 2.25. The molecule has 2 rings (SSSR count). The maximum absolute atomic E-state index is 12.0. The van der Waals surface area contributed by atoms with Crippen molar-refractivity contribution in [3.63, 3.8) is 0 Å². The summed E-state index contributed by atoms with van der Waals surface area (Å²) in [7, 11) is 0. The van der Waals surface area contributed by atoms with Crippen LogP contribution in [-0.4, -0.2) is 48.1 Å². The van der Waals surface area contributed by atoms with Crippen molar-refractivity contribution in [3.05, 3.63) is 33.8 Å². The summed E-state index contributed by atoms with van der Waals surface area (Å²) in [6.45, 7) is 3.63. The minimum atomic E-state index is -0.795. The number of carbonyl (C=O) groups excluding carboxylic acids is 1. The molecular weight excluding hydrogens is 339 g/mol. The van der Waals surface area contributed by atoms with Crippen LogP contribution in [0.3, 0.4) is 0 Å². The van der Waals surface area contributed by atoms with Crippen LogP contribution in [0.5, 0.6) is 0 Å². The van der Waals surface area contributed by atoms with Crippen LogP contribution < -0.4 is 5.32 Å². The second-order valence-electron chi connectivity index (χ2n) is 5.93. The van der Waals surface area contributed by atoms with Crippen molar-refractivity contribution in [1.82, 2.24) is 10.2 Å². The topological polar surface area (TPSA) is 69.6 Å². The lowest BCUT2D eigenvalue weighted by atomic mass is 9.99. The molecule has 2 N–H and O–H groups in total. The summed E-state index contributed by atoms with van der Waals surface area (Å²) >= 11 is 12.0. The number of nitrogens with zero attached hydrogens (tertiary/aromatic N) is 1. The van der Waals surface area contributed by atoms with Crippen molar-refractivity contribution in [3.8, 4) is 0 Å². The van der Waals surface area contributed by atoms with Crippen LogP contribution in [0.25, 0.3) is 0 Å². The van der Waals surface area contributed by atoms with E-state index in [4.69, 9.17) is 28.3 Å². The average molecular weight is 359 g/mol. The molecule has 1 aromatic carbocycles. The molecule has 1 fully saturated rings. The smallest absolute Gasteiger partial charge is 0.308 e. The molecule has 1 heterocycles. The zero-order valence-corrected chi connectivity index (χ0v) is 14.4. The number of carboxylic acid groups (broad SMARTS) is 1. The molecule has 0 spiro atoms. The van der Waals surface area contributed by atoms with E-state index in [2.05, 4.69) is 5.32 Å². The zero-order valence-electron chi connectivity index (χ0n) is 12.9. The zero-order chi connectivity index (χ0) is 17.0. The molecule has 0 bridgehead atoms. The highest BCUT2D eigenvalue weighted by Gasteiger charge is 2.35. The average Bonchev–Trinajstić information content (AvgIpc) is 2.84. The number of amides is 1. The number of hydrogen-bond donors (Lipinski definition) is 2. The summed E-state index contributed by atoms with van der Waals surface area (Å²) in [6, 6.07) is 5.42. The van der Waals surface area contributed by atoms with Crippen LogP contribution >= 0.6 is 23.2 Å². The predicted molar refractivity (Wildman–Crippen MR) is 89.9 cm³/mol. The molecule has 126 valence electrons. The summed E-state index contributed by atoms with van der Waals surface area (Å²) in [5, 5.41) is 13.0. The summed E-state index contributed by atoms with van der Waals surface area (Å²) in [4.78, 5) is 24.9. The maximum atomic E-state index is 12.0. The van der Waals surface area contributed by atoms with E-state index in [-0.39, 0.29) is 18.4 Å². The molecule has 0 saturated carbocycles. The molecule has 1 amide bonds. The minimum absolute atomic E-state index is 0.0607. The summed E-state index contributed by atoms with van der Waals surface area (Å²) in [5.41, 5.74) is 0.889. The van der Waals surface area contributed by atoms with Gasteiger partial charge in [-0.05, 0) is 24.0 Å². The first-order valence-electron chi connectivity index (χ1n) is 7.53. The fraction of sp³-hybridized carbons (Fsp3) is 0.500. The predicted octanol–water partition coefficient (Wildman–Crippen LogP) is 2.30. The number of nitrogens with one attached hydrogen (secondary N) is 1. The Balaban J connectivity index is 1.76. The van der Waals surface area contributed by atoms with Crippen molar-refractivity contribution in [2.45, 2.75) is 13.3 Å². The van der Waals surface area contributed by atoms with Crippen molar-refractivity contribution in [2.75, 3.05) is 26.2 Å². The quantitative estimate of drug-likeness (QED) is 0.818. The number of halogens is 2. The molecule has 0 unspecified atom stereocenters. The molecule has 5 nitrogen and oxygen atoms in total. The van der Waals surface area contributed by atoms with Gasteiger partial charge >= 0.3 is 5.97 Å². The molecular formula is C16H20Cl2N2O3. The molecule has 1 aliphatic heterocycles. The Bertz CT molecular complexity index is 595. The van der Waals surface area contributed by atoms with Crippen LogP contribution in [0, 0.1) is 11.8 Å². The highest BCUT2D eigenvalue weighted by atomic mass is 35.5. The first kappa shape index (κ1) is 18.0. The molecule has 2 atom stereocenters. The molecule has 1 saturated heterocycles. The maximum Gasteiger partial charge on any atom is 0.308 e. The Labute approximate surface area is 145 Å². The lowest BCUT2D eigenvalue weighted by Crippen LogP contribution is -2.37. The van der Waals surface area contributed by atoms with Gasteiger partial charge in [-0.3, -0.25) is 14.5 Å².